The lowest BCUT2D eigenvalue weighted by Gasteiger charge is -2.39. The van der Waals surface area contributed by atoms with Crippen molar-refractivity contribution >= 4 is 0 Å². The van der Waals surface area contributed by atoms with Gasteiger partial charge in [-0.15, -0.1) is 0 Å². The summed E-state index contributed by atoms with van der Waals surface area (Å²) in [5, 5.41) is 19.0. The van der Waals surface area contributed by atoms with E-state index >= 15 is 0 Å². The fraction of sp³-hybridized carbons (Fsp3) is 1.00. The Labute approximate surface area is 72.1 Å². The number of hydrogen-bond donors (Lipinski definition) is 2. The van der Waals surface area contributed by atoms with Gasteiger partial charge in [0.05, 0.1) is 12.2 Å². The van der Waals surface area contributed by atoms with E-state index in [1.54, 1.807) is 13.8 Å². The second-order valence-corrected chi connectivity index (χ2v) is 3.23. The Morgan fingerprint density at radius 3 is 1.83 bits per heavy atom. The van der Waals surface area contributed by atoms with Crippen LogP contribution in [0.3, 0.4) is 0 Å². The van der Waals surface area contributed by atoms with E-state index in [1.165, 1.54) is 7.11 Å². The van der Waals surface area contributed by atoms with E-state index in [1.807, 2.05) is 0 Å². The van der Waals surface area contributed by atoms with Crippen LogP contribution < -0.4 is 0 Å². The highest BCUT2D eigenvalue weighted by molar-refractivity contribution is 4.89. The smallest absolute Gasteiger partial charge is 0.114 e. The summed E-state index contributed by atoms with van der Waals surface area (Å²) < 4.78 is 10.2. The molecule has 2 N–H and O–H groups in total. The fourth-order valence-corrected chi connectivity index (χ4v) is 1.51. The van der Waals surface area contributed by atoms with Crippen LogP contribution in [0.1, 0.15) is 13.8 Å². The first-order valence-electron chi connectivity index (χ1n) is 4.12. The summed E-state index contributed by atoms with van der Waals surface area (Å²) in [6, 6.07) is 0. The Morgan fingerprint density at radius 1 is 1.08 bits per heavy atom. The number of hydrogen-bond acceptors (Lipinski definition) is 4. The predicted octanol–water partition coefficient (Wildman–Crippen LogP) is -0.470. The van der Waals surface area contributed by atoms with Crippen molar-refractivity contribution in [3.8, 4) is 0 Å². The summed E-state index contributed by atoms with van der Waals surface area (Å²) in [6.45, 7) is 3.53. The van der Waals surface area contributed by atoms with E-state index in [0.717, 1.165) is 0 Å². The Balaban J connectivity index is 2.67. The molecule has 12 heavy (non-hydrogen) atoms. The summed E-state index contributed by atoms with van der Waals surface area (Å²) in [5.74, 6) is 0. The van der Waals surface area contributed by atoms with Crippen molar-refractivity contribution in [3.63, 3.8) is 0 Å². The number of aliphatic hydroxyl groups is 2. The van der Waals surface area contributed by atoms with E-state index < -0.39 is 18.3 Å². The quantitative estimate of drug-likeness (QED) is 0.567. The van der Waals surface area contributed by atoms with Gasteiger partial charge in [-0.25, -0.2) is 0 Å². The Bertz CT molecular complexity index is 136. The molecule has 3 unspecified atom stereocenters. The highest BCUT2D eigenvalue weighted by Gasteiger charge is 2.40. The van der Waals surface area contributed by atoms with Crippen LogP contribution >= 0.6 is 0 Å². The van der Waals surface area contributed by atoms with Gasteiger partial charge in [0.1, 0.15) is 18.3 Å². The van der Waals surface area contributed by atoms with Crippen molar-refractivity contribution in [1.82, 2.24) is 0 Å². The summed E-state index contributed by atoms with van der Waals surface area (Å²) >= 11 is 0. The first-order valence-corrected chi connectivity index (χ1v) is 4.12. The molecule has 1 rings (SSSR count). The van der Waals surface area contributed by atoms with Crippen LogP contribution in [0.15, 0.2) is 0 Å². The SMILES string of the molecule is COC1C(O)[C@@H](C)OC(C)[C@@H]1O. The average molecular weight is 176 g/mol. The van der Waals surface area contributed by atoms with Gasteiger partial charge < -0.3 is 19.7 Å². The minimum absolute atomic E-state index is 0.284. The number of ether oxygens (including phenoxy) is 2. The number of methoxy groups -OCH3 is 1. The maximum absolute atomic E-state index is 9.52. The van der Waals surface area contributed by atoms with E-state index in [2.05, 4.69) is 0 Å². The molecule has 1 fully saturated rings. The van der Waals surface area contributed by atoms with Gasteiger partial charge in [0.25, 0.3) is 0 Å². The van der Waals surface area contributed by atoms with Crippen molar-refractivity contribution in [2.24, 2.45) is 0 Å². The normalized spacial score (nSPS) is 49.2. The van der Waals surface area contributed by atoms with Gasteiger partial charge in [0.2, 0.25) is 0 Å². The van der Waals surface area contributed by atoms with Crippen LogP contribution in [-0.2, 0) is 9.47 Å². The van der Waals surface area contributed by atoms with Crippen LogP contribution in [0.5, 0.6) is 0 Å². The Morgan fingerprint density at radius 2 is 1.50 bits per heavy atom. The van der Waals surface area contributed by atoms with Gasteiger partial charge in [0.15, 0.2) is 0 Å². The number of rotatable bonds is 1. The lowest BCUT2D eigenvalue weighted by Crippen LogP contribution is -2.56. The molecule has 0 bridgehead atoms. The third-order valence-electron chi connectivity index (χ3n) is 2.34. The van der Waals surface area contributed by atoms with Crippen LogP contribution in [0.2, 0.25) is 0 Å². The highest BCUT2D eigenvalue weighted by atomic mass is 16.6. The third-order valence-corrected chi connectivity index (χ3v) is 2.34. The minimum Gasteiger partial charge on any atom is -0.388 e. The maximum Gasteiger partial charge on any atom is 0.114 e. The van der Waals surface area contributed by atoms with Gasteiger partial charge in [-0.2, -0.15) is 0 Å². The van der Waals surface area contributed by atoms with E-state index in [-0.39, 0.29) is 12.2 Å². The minimum atomic E-state index is -0.749. The summed E-state index contributed by atoms with van der Waals surface area (Å²) in [6.07, 6.45) is -2.60. The number of aliphatic hydroxyl groups excluding tert-OH is 2. The molecule has 0 spiro atoms. The zero-order valence-corrected chi connectivity index (χ0v) is 7.60. The maximum atomic E-state index is 9.52. The summed E-state index contributed by atoms with van der Waals surface area (Å²) in [4.78, 5) is 0. The van der Waals surface area contributed by atoms with Gasteiger partial charge in [-0.3, -0.25) is 0 Å². The molecule has 1 saturated heterocycles. The van der Waals surface area contributed by atoms with Gasteiger partial charge in [-0.05, 0) is 13.8 Å². The lowest BCUT2D eigenvalue weighted by atomic mass is 9.96. The van der Waals surface area contributed by atoms with Gasteiger partial charge >= 0.3 is 0 Å². The van der Waals surface area contributed by atoms with Crippen molar-refractivity contribution in [3.05, 3.63) is 0 Å². The van der Waals surface area contributed by atoms with Crippen LogP contribution in [0.25, 0.3) is 0 Å². The van der Waals surface area contributed by atoms with E-state index in [0.29, 0.717) is 0 Å². The first-order chi connectivity index (χ1) is 5.57. The molecular formula is C8H16O4. The zero-order chi connectivity index (χ0) is 9.30. The first kappa shape index (κ1) is 9.92. The summed E-state index contributed by atoms with van der Waals surface area (Å²) in [7, 11) is 1.47. The molecule has 4 heteroatoms. The molecule has 5 atom stereocenters. The van der Waals surface area contributed by atoms with E-state index in [4.69, 9.17) is 9.47 Å². The third kappa shape index (κ3) is 1.61. The van der Waals surface area contributed by atoms with Crippen molar-refractivity contribution in [2.75, 3.05) is 7.11 Å². The standard InChI is InChI=1S/C8H16O4/c1-4-6(9)8(11-3)7(10)5(2)12-4/h4-10H,1-3H3/t4-,5?,6?,7+,8?/m1/s1. The fourth-order valence-electron chi connectivity index (χ4n) is 1.51. The average Bonchev–Trinajstić information content (AvgIpc) is 2.02. The second kappa shape index (κ2) is 3.70. The van der Waals surface area contributed by atoms with Crippen LogP contribution in [0, 0.1) is 0 Å². The molecule has 0 amide bonds. The molecular weight excluding hydrogens is 160 g/mol. The molecule has 72 valence electrons. The van der Waals surface area contributed by atoms with Gasteiger partial charge in [-0.1, -0.05) is 0 Å². The van der Waals surface area contributed by atoms with Gasteiger partial charge in [0, 0.05) is 7.11 Å². The van der Waals surface area contributed by atoms with Crippen molar-refractivity contribution in [2.45, 2.75) is 44.4 Å². The molecule has 0 aliphatic carbocycles. The molecule has 0 aromatic heterocycles. The molecule has 1 aliphatic heterocycles. The predicted molar refractivity (Wildman–Crippen MR) is 42.8 cm³/mol. The topological polar surface area (TPSA) is 58.9 Å². The molecule has 0 aromatic carbocycles. The van der Waals surface area contributed by atoms with Crippen molar-refractivity contribution < 1.29 is 19.7 Å². The van der Waals surface area contributed by atoms with E-state index in [9.17, 15) is 10.2 Å². The molecule has 0 radical (unpaired) electrons. The van der Waals surface area contributed by atoms with Crippen LogP contribution in [-0.4, -0.2) is 47.8 Å². The molecule has 1 aliphatic rings. The lowest BCUT2D eigenvalue weighted by molar-refractivity contribution is -0.219. The molecule has 0 aromatic rings. The zero-order valence-electron chi connectivity index (χ0n) is 7.60. The Kier molecular flexibility index (Phi) is 3.06. The summed E-state index contributed by atoms with van der Waals surface area (Å²) in [5.41, 5.74) is 0. The molecule has 1 heterocycles. The monoisotopic (exact) mass is 176 g/mol. The largest absolute Gasteiger partial charge is 0.388 e. The Hall–Kier alpha value is -0.160. The second-order valence-electron chi connectivity index (χ2n) is 3.23. The highest BCUT2D eigenvalue weighted by Crippen LogP contribution is 2.22. The molecule has 0 saturated carbocycles. The van der Waals surface area contributed by atoms with Crippen LogP contribution in [0.4, 0.5) is 0 Å². The molecule has 4 nitrogen and oxygen atoms in total. The van der Waals surface area contributed by atoms with Crippen molar-refractivity contribution in [1.29, 1.82) is 0 Å².